The molecule has 18 heavy (non-hydrogen) atoms. The molecule has 1 atom stereocenters. The van der Waals surface area contributed by atoms with E-state index in [0.717, 1.165) is 12.8 Å². The summed E-state index contributed by atoms with van der Waals surface area (Å²) < 4.78 is 24.6. The molecule has 0 unspecified atom stereocenters. The number of hydrogen-bond acceptors (Lipinski definition) is 3. The van der Waals surface area contributed by atoms with E-state index in [1.807, 2.05) is 18.2 Å². The minimum absolute atomic E-state index is 0.0103. The van der Waals surface area contributed by atoms with Crippen LogP contribution in [0.15, 0.2) is 30.3 Å². The van der Waals surface area contributed by atoms with Crippen molar-refractivity contribution < 1.29 is 13.2 Å². The molecule has 0 bridgehead atoms. The van der Waals surface area contributed by atoms with E-state index in [4.69, 9.17) is 0 Å². The smallest absolute Gasteiger partial charge is 0.211 e. The van der Waals surface area contributed by atoms with Crippen LogP contribution >= 0.6 is 0 Å². The number of nitrogens with zero attached hydrogens (tertiary/aromatic N) is 1. The van der Waals surface area contributed by atoms with Crippen molar-refractivity contribution in [2.75, 3.05) is 12.8 Å². The third-order valence-corrected chi connectivity index (χ3v) is 4.60. The van der Waals surface area contributed by atoms with Crippen molar-refractivity contribution in [1.29, 1.82) is 0 Å². The molecule has 4 nitrogen and oxygen atoms in total. The maximum absolute atomic E-state index is 12.1. The average molecular weight is 267 g/mol. The fourth-order valence-electron chi connectivity index (χ4n) is 2.41. The number of rotatable bonds is 4. The molecule has 1 fully saturated rings. The lowest BCUT2D eigenvalue weighted by Gasteiger charge is -2.21. The van der Waals surface area contributed by atoms with E-state index in [1.54, 1.807) is 12.1 Å². The first-order valence-corrected chi connectivity index (χ1v) is 7.88. The fraction of sp³-hybridized carbons (Fsp3) is 0.462. The Morgan fingerprint density at radius 1 is 1.33 bits per heavy atom. The Bertz CT molecular complexity index is 524. The van der Waals surface area contributed by atoms with Gasteiger partial charge in [0.15, 0.2) is 5.78 Å². The predicted octanol–water partition coefficient (Wildman–Crippen LogP) is 1.68. The fourth-order valence-corrected chi connectivity index (χ4v) is 3.59. The van der Waals surface area contributed by atoms with Gasteiger partial charge in [-0.3, -0.25) is 4.79 Å². The SMILES string of the molecule is CS(=O)(=O)N1CCC[C@@H]1CC(=O)c1ccccc1. The lowest BCUT2D eigenvalue weighted by molar-refractivity contribution is 0.0961. The van der Waals surface area contributed by atoms with Crippen LogP contribution in [-0.2, 0) is 10.0 Å². The Morgan fingerprint density at radius 3 is 2.61 bits per heavy atom. The number of carbonyl (C=O) groups excluding carboxylic acids is 1. The summed E-state index contributed by atoms with van der Waals surface area (Å²) in [6.45, 7) is 0.533. The van der Waals surface area contributed by atoms with Gasteiger partial charge in [-0.2, -0.15) is 4.31 Å². The molecule has 0 aromatic heterocycles. The molecule has 0 saturated carbocycles. The Hall–Kier alpha value is -1.20. The highest BCUT2D eigenvalue weighted by Gasteiger charge is 2.32. The molecule has 98 valence electrons. The van der Waals surface area contributed by atoms with Gasteiger partial charge in [-0.1, -0.05) is 30.3 Å². The third-order valence-electron chi connectivity index (χ3n) is 3.27. The van der Waals surface area contributed by atoms with Crippen LogP contribution in [-0.4, -0.2) is 37.3 Å². The van der Waals surface area contributed by atoms with Crippen molar-refractivity contribution in [3.8, 4) is 0 Å². The summed E-state index contributed by atoms with van der Waals surface area (Å²) in [5.74, 6) is 0.0103. The number of carbonyl (C=O) groups is 1. The average Bonchev–Trinajstić information content (AvgIpc) is 2.78. The first kappa shape index (κ1) is 13.2. The molecule has 1 aromatic rings. The van der Waals surface area contributed by atoms with Crippen molar-refractivity contribution in [2.45, 2.75) is 25.3 Å². The monoisotopic (exact) mass is 267 g/mol. The third kappa shape index (κ3) is 2.97. The zero-order valence-corrected chi connectivity index (χ0v) is 11.2. The second-order valence-corrected chi connectivity index (χ2v) is 6.60. The van der Waals surface area contributed by atoms with Crippen molar-refractivity contribution in [2.24, 2.45) is 0 Å². The van der Waals surface area contributed by atoms with Gasteiger partial charge in [0, 0.05) is 24.6 Å². The summed E-state index contributed by atoms with van der Waals surface area (Å²) in [6, 6.07) is 8.85. The lowest BCUT2D eigenvalue weighted by atomic mass is 10.0. The maximum atomic E-state index is 12.1. The van der Waals surface area contributed by atoms with Crippen LogP contribution in [0.1, 0.15) is 29.6 Å². The molecular weight excluding hydrogens is 250 g/mol. The summed E-state index contributed by atoms with van der Waals surface area (Å²) in [6.07, 6.45) is 3.08. The summed E-state index contributed by atoms with van der Waals surface area (Å²) in [5, 5.41) is 0. The van der Waals surface area contributed by atoms with Crippen molar-refractivity contribution in [3.05, 3.63) is 35.9 Å². The van der Waals surface area contributed by atoms with E-state index in [9.17, 15) is 13.2 Å². The zero-order valence-electron chi connectivity index (χ0n) is 10.4. The predicted molar refractivity (Wildman–Crippen MR) is 70.0 cm³/mol. The second-order valence-electron chi connectivity index (χ2n) is 4.66. The Balaban J connectivity index is 2.08. The van der Waals surface area contributed by atoms with Gasteiger partial charge in [-0.05, 0) is 12.8 Å². The minimum atomic E-state index is -3.20. The number of sulfonamides is 1. The largest absolute Gasteiger partial charge is 0.294 e. The van der Waals surface area contributed by atoms with Gasteiger partial charge in [0.05, 0.1) is 6.26 Å². The molecule has 1 aliphatic heterocycles. The first-order valence-electron chi connectivity index (χ1n) is 6.03. The van der Waals surface area contributed by atoms with Gasteiger partial charge in [0.2, 0.25) is 10.0 Å². The van der Waals surface area contributed by atoms with Gasteiger partial charge in [-0.25, -0.2) is 8.42 Å². The summed E-state index contributed by atoms with van der Waals surface area (Å²) in [4.78, 5) is 12.1. The lowest BCUT2D eigenvalue weighted by Crippen LogP contribution is -2.36. The summed E-state index contributed by atoms with van der Waals surface area (Å²) >= 11 is 0. The van der Waals surface area contributed by atoms with Crippen LogP contribution in [0.3, 0.4) is 0 Å². The van der Waals surface area contributed by atoms with Crippen LogP contribution in [0.2, 0.25) is 0 Å². The first-order chi connectivity index (χ1) is 8.48. The topological polar surface area (TPSA) is 54.5 Å². The van der Waals surface area contributed by atoms with Crippen molar-refractivity contribution in [1.82, 2.24) is 4.31 Å². The minimum Gasteiger partial charge on any atom is -0.294 e. The normalized spacial score (nSPS) is 21.1. The molecular formula is C13H17NO3S. The molecule has 0 spiro atoms. The molecule has 0 radical (unpaired) electrons. The quantitative estimate of drug-likeness (QED) is 0.780. The van der Waals surface area contributed by atoms with E-state index in [1.165, 1.54) is 10.6 Å². The van der Waals surface area contributed by atoms with Gasteiger partial charge >= 0.3 is 0 Å². The van der Waals surface area contributed by atoms with Crippen LogP contribution in [0.4, 0.5) is 0 Å². The van der Waals surface area contributed by atoms with E-state index in [2.05, 4.69) is 0 Å². The molecule has 1 heterocycles. The molecule has 5 heteroatoms. The summed E-state index contributed by atoms with van der Waals surface area (Å²) in [7, 11) is -3.20. The van der Waals surface area contributed by atoms with E-state index < -0.39 is 10.0 Å². The number of hydrogen-bond donors (Lipinski definition) is 0. The second kappa shape index (κ2) is 5.20. The van der Waals surface area contributed by atoms with Crippen LogP contribution in [0.25, 0.3) is 0 Å². The molecule has 0 N–H and O–H groups in total. The van der Waals surface area contributed by atoms with Gasteiger partial charge in [0.25, 0.3) is 0 Å². The highest BCUT2D eigenvalue weighted by Crippen LogP contribution is 2.24. The Kier molecular flexibility index (Phi) is 3.82. The Morgan fingerprint density at radius 2 is 2.00 bits per heavy atom. The maximum Gasteiger partial charge on any atom is 0.211 e. The molecule has 1 aromatic carbocycles. The Labute approximate surface area is 108 Å². The van der Waals surface area contributed by atoms with Crippen LogP contribution in [0.5, 0.6) is 0 Å². The highest BCUT2D eigenvalue weighted by molar-refractivity contribution is 7.88. The number of ketones is 1. The van der Waals surface area contributed by atoms with E-state index >= 15 is 0 Å². The van der Waals surface area contributed by atoms with Gasteiger partial charge in [0.1, 0.15) is 0 Å². The number of Topliss-reactive ketones (excluding diaryl/α,β-unsaturated/α-hetero) is 1. The number of benzene rings is 1. The molecule has 0 aliphatic carbocycles. The van der Waals surface area contributed by atoms with Crippen LogP contribution in [0, 0.1) is 0 Å². The molecule has 0 amide bonds. The van der Waals surface area contributed by atoms with E-state index in [0.29, 0.717) is 12.1 Å². The zero-order chi connectivity index (χ0) is 13.2. The van der Waals surface area contributed by atoms with Crippen molar-refractivity contribution >= 4 is 15.8 Å². The van der Waals surface area contributed by atoms with Gasteiger partial charge in [-0.15, -0.1) is 0 Å². The molecule has 1 saturated heterocycles. The molecule has 2 rings (SSSR count). The summed E-state index contributed by atoms with van der Waals surface area (Å²) in [5.41, 5.74) is 0.651. The van der Waals surface area contributed by atoms with Crippen molar-refractivity contribution in [3.63, 3.8) is 0 Å². The van der Waals surface area contributed by atoms with Gasteiger partial charge < -0.3 is 0 Å². The highest BCUT2D eigenvalue weighted by atomic mass is 32.2. The standard InChI is InChI=1S/C13H17NO3S/c1-18(16,17)14-9-5-8-12(14)10-13(15)11-6-3-2-4-7-11/h2-4,6-7,12H,5,8-10H2,1H3/t12-/m1/s1. The molecule has 1 aliphatic rings. The van der Waals surface area contributed by atoms with E-state index in [-0.39, 0.29) is 18.2 Å². The van der Waals surface area contributed by atoms with Crippen LogP contribution < -0.4 is 0 Å².